The van der Waals surface area contributed by atoms with Crippen molar-refractivity contribution in [3.63, 3.8) is 0 Å². The van der Waals surface area contributed by atoms with E-state index in [4.69, 9.17) is 9.47 Å². The molecule has 0 spiro atoms. The number of aliphatic imine (C=N–C) groups is 2. The fourth-order valence-electron chi connectivity index (χ4n) is 3.40. The van der Waals surface area contributed by atoms with E-state index in [2.05, 4.69) is 15.3 Å². The molecule has 2 aliphatic carbocycles. The number of amides is 2. The third kappa shape index (κ3) is 5.07. The van der Waals surface area contributed by atoms with Crippen LogP contribution >= 0.6 is 11.8 Å². The van der Waals surface area contributed by atoms with E-state index in [9.17, 15) is 9.59 Å². The number of carbonyl (C=O) groups excluding carboxylic acids is 2. The van der Waals surface area contributed by atoms with Crippen LogP contribution in [0.3, 0.4) is 0 Å². The third-order valence-corrected chi connectivity index (χ3v) is 5.72. The van der Waals surface area contributed by atoms with Gasteiger partial charge in [-0.25, -0.2) is 4.99 Å². The van der Waals surface area contributed by atoms with Crippen molar-refractivity contribution in [2.45, 2.75) is 44.2 Å². The summed E-state index contributed by atoms with van der Waals surface area (Å²) in [6.07, 6.45) is 8.73. The molecule has 0 radical (unpaired) electrons. The smallest absolute Gasteiger partial charge is 0.280 e. The minimum Gasteiger partial charge on any atom is -0.498 e. The Hall–Kier alpha value is -1.93. The number of hydrogen-bond acceptors (Lipinski definition) is 6. The number of carbonyl (C=O) groups is 2. The van der Waals surface area contributed by atoms with Crippen molar-refractivity contribution in [2.75, 3.05) is 25.7 Å². The van der Waals surface area contributed by atoms with Gasteiger partial charge in [-0.2, -0.15) is 4.99 Å². The first-order valence-corrected chi connectivity index (χ1v) is 10.3. The summed E-state index contributed by atoms with van der Waals surface area (Å²) in [7, 11) is 3.10. The molecular formula is C19H25N3O4S. The number of fused-ring (bicyclic) bond motifs is 1. The van der Waals surface area contributed by atoms with Gasteiger partial charge in [-0.05, 0) is 18.9 Å². The molecule has 146 valence electrons. The summed E-state index contributed by atoms with van der Waals surface area (Å²) in [5, 5.41) is 3.08. The van der Waals surface area contributed by atoms with Gasteiger partial charge < -0.3 is 14.8 Å². The molecule has 3 rings (SSSR count). The van der Waals surface area contributed by atoms with E-state index in [1.54, 1.807) is 26.4 Å². The van der Waals surface area contributed by atoms with Crippen molar-refractivity contribution in [3.8, 4) is 0 Å². The Bertz CT molecular complexity index is 720. The molecule has 0 bridgehead atoms. The summed E-state index contributed by atoms with van der Waals surface area (Å²) >= 11 is 1.41. The van der Waals surface area contributed by atoms with Crippen molar-refractivity contribution >= 4 is 35.1 Å². The van der Waals surface area contributed by atoms with Gasteiger partial charge in [0, 0.05) is 19.2 Å². The van der Waals surface area contributed by atoms with Gasteiger partial charge in [0.1, 0.15) is 17.7 Å². The number of methoxy groups -OCH3 is 2. The molecular weight excluding hydrogens is 366 g/mol. The number of nitrogens with zero attached hydrogens (tertiary/aromatic N) is 2. The van der Waals surface area contributed by atoms with E-state index in [1.165, 1.54) is 31.0 Å². The van der Waals surface area contributed by atoms with Crippen molar-refractivity contribution in [3.05, 3.63) is 23.5 Å². The normalized spacial score (nSPS) is 22.9. The Morgan fingerprint density at radius 2 is 2.04 bits per heavy atom. The molecule has 2 amide bonds. The fraction of sp³-hybridized carbons (Fsp3) is 0.579. The van der Waals surface area contributed by atoms with E-state index in [-0.39, 0.29) is 11.8 Å². The number of allylic oxidation sites excluding steroid dienone is 1. The zero-order valence-corrected chi connectivity index (χ0v) is 16.5. The number of rotatable bonds is 7. The molecule has 27 heavy (non-hydrogen) atoms. The highest BCUT2D eigenvalue weighted by Gasteiger charge is 2.29. The van der Waals surface area contributed by atoms with Crippen molar-refractivity contribution in [2.24, 2.45) is 9.98 Å². The lowest BCUT2D eigenvalue weighted by Gasteiger charge is -2.23. The average molecular weight is 391 g/mol. The number of hydrogen-bond donors (Lipinski definition) is 1. The second-order valence-electron chi connectivity index (χ2n) is 6.71. The van der Waals surface area contributed by atoms with Gasteiger partial charge in [0.15, 0.2) is 0 Å². The molecule has 3 aliphatic rings. The summed E-state index contributed by atoms with van der Waals surface area (Å²) in [6, 6.07) is 0.307. The van der Waals surface area contributed by atoms with Crippen LogP contribution in [0.1, 0.15) is 32.1 Å². The Balaban J connectivity index is 1.54. The minimum absolute atomic E-state index is 0.0324. The van der Waals surface area contributed by atoms with Gasteiger partial charge in [-0.1, -0.05) is 19.3 Å². The fourth-order valence-corrected chi connectivity index (χ4v) is 4.09. The Morgan fingerprint density at radius 3 is 2.74 bits per heavy atom. The van der Waals surface area contributed by atoms with Crippen LogP contribution in [0.2, 0.25) is 0 Å². The average Bonchev–Trinajstić information content (AvgIpc) is 2.67. The summed E-state index contributed by atoms with van der Waals surface area (Å²) in [6.45, 7) is 0. The maximum atomic E-state index is 12.3. The molecule has 0 saturated heterocycles. The highest BCUT2D eigenvalue weighted by molar-refractivity contribution is 8.00. The van der Waals surface area contributed by atoms with Crippen molar-refractivity contribution in [1.82, 2.24) is 5.32 Å². The first-order chi connectivity index (χ1) is 13.1. The Kier molecular flexibility index (Phi) is 6.84. The lowest BCUT2D eigenvalue weighted by molar-refractivity contribution is -0.119. The van der Waals surface area contributed by atoms with Crippen LogP contribution in [0.5, 0.6) is 0 Å². The topological polar surface area (TPSA) is 89.4 Å². The van der Waals surface area contributed by atoms with Gasteiger partial charge >= 0.3 is 0 Å². The van der Waals surface area contributed by atoms with E-state index in [1.807, 2.05) is 0 Å². The summed E-state index contributed by atoms with van der Waals surface area (Å²) < 4.78 is 10.6. The molecule has 1 unspecified atom stereocenters. The highest BCUT2D eigenvalue weighted by atomic mass is 32.2. The SMILES string of the molecule is COC1=CC2=NC(CSCC(=O)NC3CCCCC3)=NC(=O)C2=CC1OC. The number of thioether (sulfide) groups is 1. The number of nitrogens with one attached hydrogen (secondary N) is 1. The van der Waals surface area contributed by atoms with Crippen LogP contribution in [-0.2, 0) is 19.1 Å². The summed E-state index contributed by atoms with van der Waals surface area (Å²) in [4.78, 5) is 32.9. The minimum atomic E-state index is -0.414. The monoisotopic (exact) mass is 391 g/mol. The number of ether oxygens (including phenoxy) is 2. The predicted octanol–water partition coefficient (Wildman–Crippen LogP) is 2.03. The first-order valence-electron chi connectivity index (χ1n) is 9.19. The van der Waals surface area contributed by atoms with E-state index in [0.29, 0.717) is 40.4 Å². The van der Waals surface area contributed by atoms with Crippen LogP contribution < -0.4 is 5.32 Å². The van der Waals surface area contributed by atoms with E-state index in [0.717, 1.165) is 12.8 Å². The van der Waals surface area contributed by atoms with Crippen molar-refractivity contribution < 1.29 is 19.1 Å². The van der Waals surface area contributed by atoms with Crippen LogP contribution in [0.4, 0.5) is 0 Å². The van der Waals surface area contributed by atoms with Gasteiger partial charge in [0.25, 0.3) is 5.91 Å². The standard InChI is InChI=1S/C19H25N3O4S/c1-25-15-8-13-14(9-16(15)26-2)21-17(22-19(13)24)10-27-11-18(23)20-12-6-4-3-5-7-12/h8-9,12,15H,3-7,10-11H2,1-2H3,(H,20,23). The van der Waals surface area contributed by atoms with Gasteiger partial charge in [-0.15, -0.1) is 11.8 Å². The Morgan fingerprint density at radius 1 is 1.26 bits per heavy atom. The number of amidine groups is 1. The second kappa shape index (κ2) is 9.32. The van der Waals surface area contributed by atoms with E-state index < -0.39 is 6.10 Å². The largest absolute Gasteiger partial charge is 0.498 e. The molecule has 0 aromatic carbocycles. The quantitative estimate of drug-likeness (QED) is 0.717. The second-order valence-corrected chi connectivity index (χ2v) is 7.70. The highest BCUT2D eigenvalue weighted by Crippen LogP contribution is 2.23. The zero-order chi connectivity index (χ0) is 19.2. The molecule has 1 N–H and O–H groups in total. The van der Waals surface area contributed by atoms with Gasteiger partial charge in [0.05, 0.1) is 29.9 Å². The maximum absolute atomic E-state index is 12.3. The van der Waals surface area contributed by atoms with Crippen LogP contribution in [0, 0.1) is 0 Å². The Labute approximate surface area is 163 Å². The van der Waals surface area contributed by atoms with Gasteiger partial charge in [0.2, 0.25) is 5.91 Å². The van der Waals surface area contributed by atoms with E-state index >= 15 is 0 Å². The molecule has 8 heteroatoms. The van der Waals surface area contributed by atoms with Crippen LogP contribution in [0.15, 0.2) is 33.5 Å². The first kappa shape index (κ1) is 19.8. The molecule has 1 fully saturated rings. The third-order valence-electron chi connectivity index (χ3n) is 4.79. The lowest BCUT2D eigenvalue weighted by atomic mass is 9.95. The molecule has 1 saturated carbocycles. The molecule has 0 aromatic rings. The van der Waals surface area contributed by atoms with Crippen molar-refractivity contribution in [1.29, 1.82) is 0 Å². The molecule has 0 aromatic heterocycles. The van der Waals surface area contributed by atoms with Crippen LogP contribution in [0.25, 0.3) is 0 Å². The zero-order valence-electron chi connectivity index (χ0n) is 15.7. The maximum Gasteiger partial charge on any atom is 0.280 e. The predicted molar refractivity (Wildman–Crippen MR) is 106 cm³/mol. The molecule has 1 heterocycles. The molecule has 1 aliphatic heterocycles. The van der Waals surface area contributed by atoms with Crippen LogP contribution in [-0.4, -0.2) is 61.2 Å². The molecule has 7 nitrogen and oxygen atoms in total. The summed E-state index contributed by atoms with van der Waals surface area (Å²) in [5.41, 5.74) is 0.953. The van der Waals surface area contributed by atoms with Gasteiger partial charge in [-0.3, -0.25) is 9.59 Å². The molecule has 1 atom stereocenters. The summed E-state index contributed by atoms with van der Waals surface area (Å²) in [5.74, 6) is 1.45. The lowest BCUT2D eigenvalue weighted by Crippen LogP contribution is -2.37.